The second kappa shape index (κ2) is 5.41. The van der Waals surface area contributed by atoms with E-state index in [-0.39, 0.29) is 0 Å². The van der Waals surface area contributed by atoms with Gasteiger partial charge in [0.1, 0.15) is 5.75 Å². The molecule has 0 aliphatic carbocycles. The zero-order valence-electron chi connectivity index (χ0n) is 8.56. The Morgan fingerprint density at radius 3 is 2.62 bits per heavy atom. The summed E-state index contributed by atoms with van der Waals surface area (Å²) in [6.45, 7) is 0. The number of phenolic OH excluding ortho intramolecular Hbond substituents is 1. The largest absolute Gasteiger partial charge is 0.508 e. The summed E-state index contributed by atoms with van der Waals surface area (Å²) in [6, 6.07) is 15.6. The van der Waals surface area contributed by atoms with Gasteiger partial charge < -0.3 is 5.11 Å². The summed E-state index contributed by atoms with van der Waals surface area (Å²) in [5.41, 5.74) is 1.27. The van der Waals surface area contributed by atoms with Gasteiger partial charge in [0.15, 0.2) is 0 Å². The summed E-state index contributed by atoms with van der Waals surface area (Å²) in [5.74, 6) is 1.22. The molecule has 0 amide bonds. The zero-order valence-corrected chi connectivity index (χ0v) is 11.0. The van der Waals surface area contributed by atoms with Crippen molar-refractivity contribution >= 4 is 27.7 Å². The Bertz CT molecular complexity index is 439. The average molecular weight is 295 g/mol. The van der Waals surface area contributed by atoms with Gasteiger partial charge in [-0.25, -0.2) is 0 Å². The quantitative estimate of drug-likeness (QED) is 0.844. The summed E-state index contributed by atoms with van der Waals surface area (Å²) in [6.07, 6.45) is 0. The van der Waals surface area contributed by atoms with Gasteiger partial charge in [0.25, 0.3) is 0 Å². The molecule has 3 heteroatoms. The third-order valence-electron chi connectivity index (χ3n) is 2.11. The minimum absolute atomic E-state index is 0.319. The van der Waals surface area contributed by atoms with Gasteiger partial charge in [-0.05, 0) is 35.9 Å². The molecule has 0 heterocycles. The third kappa shape index (κ3) is 3.29. The summed E-state index contributed by atoms with van der Waals surface area (Å²) >= 11 is 5.17. The van der Waals surface area contributed by atoms with Crippen molar-refractivity contribution in [2.45, 2.75) is 10.6 Å². The molecule has 16 heavy (non-hydrogen) atoms. The summed E-state index contributed by atoms with van der Waals surface area (Å²) in [7, 11) is 0. The van der Waals surface area contributed by atoms with Crippen molar-refractivity contribution < 1.29 is 5.11 Å². The van der Waals surface area contributed by atoms with E-state index < -0.39 is 0 Å². The van der Waals surface area contributed by atoms with Gasteiger partial charge in [-0.15, -0.1) is 11.8 Å². The van der Waals surface area contributed by atoms with Gasteiger partial charge in [0.05, 0.1) is 0 Å². The van der Waals surface area contributed by atoms with Crippen molar-refractivity contribution in [1.82, 2.24) is 0 Å². The first kappa shape index (κ1) is 11.6. The fraction of sp³-hybridized carbons (Fsp3) is 0.0769. The van der Waals surface area contributed by atoms with Gasteiger partial charge in [0, 0.05) is 15.1 Å². The average Bonchev–Trinajstić information content (AvgIpc) is 2.27. The van der Waals surface area contributed by atoms with E-state index in [0.29, 0.717) is 5.75 Å². The maximum Gasteiger partial charge on any atom is 0.116 e. The number of halogens is 1. The number of aromatic hydroxyl groups is 1. The SMILES string of the molecule is Oc1cccc(SCc2cccc(Br)c2)c1. The van der Waals surface area contributed by atoms with Gasteiger partial charge in [-0.2, -0.15) is 0 Å². The van der Waals surface area contributed by atoms with E-state index in [1.54, 1.807) is 23.9 Å². The van der Waals surface area contributed by atoms with E-state index in [4.69, 9.17) is 0 Å². The molecule has 1 N–H and O–H groups in total. The molecule has 0 aromatic heterocycles. The molecule has 2 aromatic rings. The lowest BCUT2D eigenvalue weighted by molar-refractivity contribution is 0.474. The van der Waals surface area contributed by atoms with Gasteiger partial charge in [-0.3, -0.25) is 0 Å². The molecule has 0 unspecified atom stereocenters. The Morgan fingerprint density at radius 2 is 1.88 bits per heavy atom. The van der Waals surface area contributed by atoms with Crippen LogP contribution in [0.2, 0.25) is 0 Å². The standard InChI is InChI=1S/C13H11BrOS/c14-11-4-1-3-10(7-11)9-16-13-6-2-5-12(15)8-13/h1-8,15H,9H2. The van der Waals surface area contributed by atoms with Crippen LogP contribution in [0.15, 0.2) is 57.9 Å². The first-order chi connectivity index (χ1) is 7.74. The molecule has 82 valence electrons. The number of hydrogen-bond donors (Lipinski definition) is 1. The molecule has 1 nitrogen and oxygen atoms in total. The highest BCUT2D eigenvalue weighted by Gasteiger charge is 1.98. The molecule has 2 rings (SSSR count). The predicted molar refractivity (Wildman–Crippen MR) is 71.8 cm³/mol. The number of thioether (sulfide) groups is 1. The summed E-state index contributed by atoms with van der Waals surface area (Å²) in [5, 5.41) is 9.33. The van der Waals surface area contributed by atoms with Crippen molar-refractivity contribution in [1.29, 1.82) is 0 Å². The Balaban J connectivity index is 2.02. The molecule has 2 aromatic carbocycles. The van der Waals surface area contributed by atoms with Crippen LogP contribution in [0.3, 0.4) is 0 Å². The lowest BCUT2D eigenvalue weighted by Crippen LogP contribution is -1.80. The van der Waals surface area contributed by atoms with E-state index in [9.17, 15) is 5.11 Å². The second-order valence-electron chi connectivity index (χ2n) is 3.42. The Hall–Kier alpha value is -0.930. The van der Waals surface area contributed by atoms with Crippen molar-refractivity contribution in [2.75, 3.05) is 0 Å². The first-order valence-corrected chi connectivity index (χ1v) is 6.68. The third-order valence-corrected chi connectivity index (χ3v) is 3.67. The van der Waals surface area contributed by atoms with Crippen molar-refractivity contribution in [3.05, 3.63) is 58.6 Å². The molecule has 0 saturated heterocycles. The normalized spacial score (nSPS) is 10.3. The second-order valence-corrected chi connectivity index (χ2v) is 5.38. The van der Waals surface area contributed by atoms with Gasteiger partial charge in [-0.1, -0.05) is 34.1 Å². The maximum atomic E-state index is 9.33. The van der Waals surface area contributed by atoms with Crippen molar-refractivity contribution in [3.63, 3.8) is 0 Å². The van der Waals surface area contributed by atoms with Crippen molar-refractivity contribution in [2.24, 2.45) is 0 Å². The van der Waals surface area contributed by atoms with E-state index in [0.717, 1.165) is 15.1 Å². The molecule has 0 fully saturated rings. The zero-order chi connectivity index (χ0) is 11.4. The number of phenols is 1. The fourth-order valence-electron chi connectivity index (χ4n) is 1.37. The molecule has 0 aliphatic rings. The van der Waals surface area contributed by atoms with Crippen LogP contribution in [0.1, 0.15) is 5.56 Å². The molecule has 0 radical (unpaired) electrons. The van der Waals surface area contributed by atoms with E-state index >= 15 is 0 Å². The van der Waals surface area contributed by atoms with Crippen LogP contribution >= 0.6 is 27.7 Å². The molecule has 0 aliphatic heterocycles. The molecule has 0 spiro atoms. The predicted octanol–water partition coefficient (Wildman–Crippen LogP) is 4.45. The minimum atomic E-state index is 0.319. The monoisotopic (exact) mass is 294 g/mol. The van der Waals surface area contributed by atoms with Crippen LogP contribution < -0.4 is 0 Å². The highest BCUT2D eigenvalue weighted by atomic mass is 79.9. The fourth-order valence-corrected chi connectivity index (χ4v) is 2.71. The Kier molecular flexibility index (Phi) is 3.91. The number of hydrogen-bond acceptors (Lipinski definition) is 2. The first-order valence-electron chi connectivity index (χ1n) is 4.90. The number of rotatable bonds is 3. The topological polar surface area (TPSA) is 20.2 Å². The van der Waals surface area contributed by atoms with Crippen LogP contribution in [0, 0.1) is 0 Å². The molecular weight excluding hydrogens is 284 g/mol. The molecule has 0 saturated carbocycles. The lowest BCUT2D eigenvalue weighted by atomic mass is 10.2. The Labute approximate surface area is 108 Å². The van der Waals surface area contributed by atoms with Crippen LogP contribution in [0.5, 0.6) is 5.75 Å². The lowest BCUT2D eigenvalue weighted by Gasteiger charge is -2.03. The van der Waals surface area contributed by atoms with E-state index in [1.165, 1.54) is 5.56 Å². The van der Waals surface area contributed by atoms with E-state index in [2.05, 4.69) is 28.1 Å². The maximum absolute atomic E-state index is 9.33. The number of benzene rings is 2. The molecule has 0 atom stereocenters. The van der Waals surface area contributed by atoms with Crippen LogP contribution in [0.4, 0.5) is 0 Å². The minimum Gasteiger partial charge on any atom is -0.508 e. The Morgan fingerprint density at radius 1 is 1.06 bits per heavy atom. The van der Waals surface area contributed by atoms with Gasteiger partial charge >= 0.3 is 0 Å². The summed E-state index contributed by atoms with van der Waals surface area (Å²) in [4.78, 5) is 1.08. The highest BCUT2D eigenvalue weighted by molar-refractivity contribution is 9.10. The molecule has 0 bridgehead atoms. The van der Waals surface area contributed by atoms with Crippen molar-refractivity contribution in [3.8, 4) is 5.75 Å². The van der Waals surface area contributed by atoms with Crippen LogP contribution in [-0.4, -0.2) is 5.11 Å². The highest BCUT2D eigenvalue weighted by Crippen LogP contribution is 2.26. The smallest absolute Gasteiger partial charge is 0.116 e. The molecular formula is C13H11BrOS. The van der Waals surface area contributed by atoms with E-state index in [1.807, 2.05) is 24.3 Å². The van der Waals surface area contributed by atoms with Crippen LogP contribution in [0.25, 0.3) is 0 Å². The summed E-state index contributed by atoms with van der Waals surface area (Å²) < 4.78 is 1.10. The van der Waals surface area contributed by atoms with Gasteiger partial charge in [0.2, 0.25) is 0 Å². The van der Waals surface area contributed by atoms with Crippen LogP contribution in [-0.2, 0) is 5.75 Å².